The first kappa shape index (κ1) is 19.0. The van der Waals surface area contributed by atoms with Crippen LogP contribution in [-0.4, -0.2) is 25.6 Å². The monoisotopic (exact) mass is 405 g/mol. The Hall–Kier alpha value is -2.34. The zero-order valence-electron chi connectivity index (χ0n) is 14.4. The molecule has 2 aromatic rings. The lowest BCUT2D eigenvalue weighted by molar-refractivity contribution is -0.146. The molecule has 2 rings (SSSR count). The molecule has 0 fully saturated rings. The fourth-order valence-corrected chi connectivity index (χ4v) is 2.55. The molecule has 25 heavy (non-hydrogen) atoms. The lowest BCUT2D eigenvalue weighted by Gasteiger charge is -2.10. The first-order valence-electron chi connectivity index (χ1n) is 7.74. The van der Waals surface area contributed by atoms with Crippen molar-refractivity contribution in [2.75, 3.05) is 19.0 Å². The van der Waals surface area contributed by atoms with Gasteiger partial charge >= 0.3 is 5.97 Å². The molecule has 0 aromatic heterocycles. The van der Waals surface area contributed by atoms with Gasteiger partial charge in [0.25, 0.3) is 5.91 Å². The van der Waals surface area contributed by atoms with Crippen LogP contribution < -0.4 is 10.1 Å². The first-order valence-corrected chi connectivity index (χ1v) is 8.53. The minimum Gasteiger partial charge on any atom is -0.497 e. The Morgan fingerprint density at radius 1 is 1.08 bits per heavy atom. The molecule has 0 aliphatic rings. The van der Waals surface area contributed by atoms with Crippen LogP contribution in [0.3, 0.4) is 0 Å². The lowest BCUT2D eigenvalue weighted by Crippen LogP contribution is -2.21. The van der Waals surface area contributed by atoms with Crippen molar-refractivity contribution in [1.82, 2.24) is 0 Å². The molecule has 0 atom stereocenters. The van der Waals surface area contributed by atoms with E-state index in [0.717, 1.165) is 26.9 Å². The standard InChI is InChI=1S/C19H20BrNO4/c1-12-8-15(9-13(2)19(12)20)21-17(22)11-25-18(23)10-14-4-6-16(24-3)7-5-14/h4-9H,10-11H2,1-3H3,(H,21,22). The van der Waals surface area contributed by atoms with Gasteiger partial charge in [0.2, 0.25) is 0 Å². The lowest BCUT2D eigenvalue weighted by atomic mass is 10.1. The van der Waals surface area contributed by atoms with Crippen LogP contribution in [0.1, 0.15) is 16.7 Å². The number of nitrogens with one attached hydrogen (secondary N) is 1. The molecule has 0 spiro atoms. The largest absolute Gasteiger partial charge is 0.497 e. The summed E-state index contributed by atoms with van der Waals surface area (Å²) in [6.07, 6.45) is 0.105. The van der Waals surface area contributed by atoms with Crippen molar-refractivity contribution >= 4 is 33.5 Å². The molecule has 0 saturated carbocycles. The van der Waals surface area contributed by atoms with Crippen LogP contribution in [0.2, 0.25) is 0 Å². The molecule has 132 valence electrons. The maximum atomic E-state index is 11.9. The number of halogens is 1. The third-order valence-corrected chi connectivity index (χ3v) is 4.84. The van der Waals surface area contributed by atoms with E-state index in [1.807, 2.05) is 26.0 Å². The number of hydrogen-bond acceptors (Lipinski definition) is 4. The van der Waals surface area contributed by atoms with Gasteiger partial charge in [-0.15, -0.1) is 0 Å². The Kier molecular flexibility index (Phi) is 6.58. The average molecular weight is 406 g/mol. The third-order valence-electron chi connectivity index (χ3n) is 3.59. The Morgan fingerprint density at radius 2 is 1.68 bits per heavy atom. The van der Waals surface area contributed by atoms with Gasteiger partial charge in [-0.1, -0.05) is 28.1 Å². The number of benzene rings is 2. The molecule has 0 radical (unpaired) electrons. The molecule has 0 aliphatic carbocycles. The van der Waals surface area contributed by atoms with E-state index in [0.29, 0.717) is 5.69 Å². The van der Waals surface area contributed by atoms with Crippen molar-refractivity contribution in [3.05, 3.63) is 57.6 Å². The second-order valence-corrected chi connectivity index (χ2v) is 6.45. The summed E-state index contributed by atoms with van der Waals surface area (Å²) in [4.78, 5) is 23.8. The quantitative estimate of drug-likeness (QED) is 0.742. The van der Waals surface area contributed by atoms with E-state index in [9.17, 15) is 9.59 Å². The molecule has 0 heterocycles. The summed E-state index contributed by atoms with van der Waals surface area (Å²) in [6.45, 7) is 3.58. The summed E-state index contributed by atoms with van der Waals surface area (Å²) in [6, 6.07) is 10.8. The van der Waals surface area contributed by atoms with Gasteiger partial charge in [0, 0.05) is 10.2 Å². The zero-order valence-corrected chi connectivity index (χ0v) is 16.0. The Labute approximate surface area is 155 Å². The van der Waals surface area contributed by atoms with Crippen molar-refractivity contribution in [3.8, 4) is 5.75 Å². The van der Waals surface area contributed by atoms with Gasteiger partial charge in [0.15, 0.2) is 6.61 Å². The summed E-state index contributed by atoms with van der Waals surface area (Å²) in [5.41, 5.74) is 3.51. The number of methoxy groups -OCH3 is 1. The highest BCUT2D eigenvalue weighted by Gasteiger charge is 2.10. The second-order valence-electron chi connectivity index (χ2n) is 5.66. The summed E-state index contributed by atoms with van der Waals surface area (Å²) in [7, 11) is 1.58. The highest BCUT2D eigenvalue weighted by atomic mass is 79.9. The molecular weight excluding hydrogens is 386 g/mol. The summed E-state index contributed by atoms with van der Waals surface area (Å²) in [5, 5.41) is 2.73. The van der Waals surface area contributed by atoms with Crippen LogP contribution in [0, 0.1) is 13.8 Å². The van der Waals surface area contributed by atoms with E-state index >= 15 is 0 Å². The second kappa shape index (κ2) is 8.67. The van der Waals surface area contributed by atoms with Crippen LogP contribution in [-0.2, 0) is 20.7 Å². The highest BCUT2D eigenvalue weighted by Crippen LogP contribution is 2.24. The minimum absolute atomic E-state index is 0.105. The Morgan fingerprint density at radius 3 is 2.24 bits per heavy atom. The normalized spacial score (nSPS) is 10.2. The molecular formula is C19H20BrNO4. The van der Waals surface area contributed by atoms with E-state index < -0.39 is 5.97 Å². The number of esters is 1. The van der Waals surface area contributed by atoms with E-state index in [-0.39, 0.29) is 18.9 Å². The third kappa shape index (κ3) is 5.60. The van der Waals surface area contributed by atoms with Crippen molar-refractivity contribution in [2.24, 2.45) is 0 Å². The molecule has 0 saturated heterocycles. The number of carbonyl (C=O) groups is 2. The number of ether oxygens (including phenoxy) is 2. The molecule has 0 aliphatic heterocycles. The van der Waals surface area contributed by atoms with E-state index in [4.69, 9.17) is 9.47 Å². The number of hydrogen-bond donors (Lipinski definition) is 1. The molecule has 0 unspecified atom stereocenters. The van der Waals surface area contributed by atoms with Gasteiger partial charge in [-0.25, -0.2) is 0 Å². The molecule has 2 aromatic carbocycles. The Balaban J connectivity index is 1.83. The average Bonchev–Trinajstić information content (AvgIpc) is 2.58. The fraction of sp³-hybridized carbons (Fsp3) is 0.263. The van der Waals surface area contributed by atoms with Gasteiger partial charge in [0.1, 0.15) is 5.75 Å². The van der Waals surface area contributed by atoms with Gasteiger partial charge in [0.05, 0.1) is 13.5 Å². The van der Waals surface area contributed by atoms with Crippen LogP contribution in [0.5, 0.6) is 5.75 Å². The molecule has 6 heteroatoms. The summed E-state index contributed by atoms with van der Waals surface area (Å²) >= 11 is 3.48. The van der Waals surface area contributed by atoms with Crippen LogP contribution in [0.25, 0.3) is 0 Å². The maximum absolute atomic E-state index is 11.9. The van der Waals surface area contributed by atoms with Crippen molar-refractivity contribution in [2.45, 2.75) is 20.3 Å². The van der Waals surface area contributed by atoms with E-state index in [2.05, 4.69) is 21.2 Å². The molecule has 1 amide bonds. The fourth-order valence-electron chi connectivity index (χ4n) is 2.32. The van der Waals surface area contributed by atoms with Gasteiger partial charge < -0.3 is 14.8 Å². The zero-order chi connectivity index (χ0) is 18.4. The highest BCUT2D eigenvalue weighted by molar-refractivity contribution is 9.10. The van der Waals surface area contributed by atoms with Gasteiger partial charge in [-0.3, -0.25) is 9.59 Å². The Bertz CT molecular complexity index is 748. The number of rotatable bonds is 6. The number of anilines is 1. The van der Waals surface area contributed by atoms with Crippen LogP contribution in [0.4, 0.5) is 5.69 Å². The SMILES string of the molecule is COc1ccc(CC(=O)OCC(=O)Nc2cc(C)c(Br)c(C)c2)cc1. The van der Waals surface area contributed by atoms with E-state index in [1.165, 1.54) is 0 Å². The number of carbonyl (C=O) groups excluding carboxylic acids is 2. The summed E-state index contributed by atoms with van der Waals surface area (Å²) < 4.78 is 11.1. The van der Waals surface area contributed by atoms with Crippen LogP contribution >= 0.6 is 15.9 Å². The minimum atomic E-state index is -0.455. The van der Waals surface area contributed by atoms with Crippen molar-refractivity contribution < 1.29 is 19.1 Å². The van der Waals surface area contributed by atoms with Crippen molar-refractivity contribution in [1.29, 1.82) is 0 Å². The topological polar surface area (TPSA) is 64.6 Å². The van der Waals surface area contributed by atoms with Crippen LogP contribution in [0.15, 0.2) is 40.9 Å². The number of aryl methyl sites for hydroxylation is 2. The van der Waals surface area contributed by atoms with Gasteiger partial charge in [-0.05, 0) is 54.8 Å². The molecule has 1 N–H and O–H groups in total. The predicted octanol–water partition coefficient (Wildman–Crippen LogP) is 3.80. The van der Waals surface area contributed by atoms with Gasteiger partial charge in [-0.2, -0.15) is 0 Å². The molecule has 0 bridgehead atoms. The smallest absolute Gasteiger partial charge is 0.310 e. The van der Waals surface area contributed by atoms with Crippen molar-refractivity contribution in [3.63, 3.8) is 0 Å². The summed E-state index contributed by atoms with van der Waals surface area (Å²) in [5.74, 6) is -0.107. The first-order chi connectivity index (χ1) is 11.9. The van der Waals surface area contributed by atoms with E-state index in [1.54, 1.807) is 31.4 Å². The predicted molar refractivity (Wildman–Crippen MR) is 99.9 cm³/mol. The number of amides is 1. The molecule has 5 nitrogen and oxygen atoms in total. The maximum Gasteiger partial charge on any atom is 0.310 e.